The van der Waals surface area contributed by atoms with Gasteiger partial charge < -0.3 is 25.5 Å². The molecule has 0 bridgehead atoms. The second-order valence-corrected chi connectivity index (χ2v) is 4.66. The molecular weight excluding hydrogens is 276 g/mol. The van der Waals surface area contributed by atoms with E-state index >= 15 is 0 Å². The Labute approximate surface area is 120 Å². The van der Waals surface area contributed by atoms with Crippen molar-refractivity contribution in [3.8, 4) is 23.0 Å². The maximum Gasteiger partial charge on any atom is 0.174 e. The van der Waals surface area contributed by atoms with Crippen molar-refractivity contribution >= 4 is 5.78 Å². The van der Waals surface area contributed by atoms with Gasteiger partial charge in [-0.25, -0.2) is 0 Å². The number of Topliss-reactive ketones (excluding diaryl/α,β-unsaturated/α-hetero) is 1. The molecule has 5 N–H and O–H groups in total. The Balaban J connectivity index is 0.00000161. The first kappa shape index (κ1) is 14.7. The molecule has 110 valence electrons. The molecule has 1 aliphatic heterocycles. The smallest absolute Gasteiger partial charge is 0.174 e. The topological polar surface area (TPSA) is 118 Å². The standard InChI is InChI=1S/C15H12O5.H2O/c16-9-3-1-8(2-4-9)13-7-12(19)15-11(18)5-10(17)6-14(15)20-13;/h1-6,13,16-18H,7H2;1H2/t13-;/m0./s1. The molecular formula is C15H14O6. The average Bonchev–Trinajstić information content (AvgIpc) is 2.38. The van der Waals surface area contributed by atoms with E-state index < -0.39 is 6.10 Å². The van der Waals surface area contributed by atoms with Crippen LogP contribution in [0, 0.1) is 0 Å². The molecule has 0 radical (unpaired) electrons. The monoisotopic (exact) mass is 290 g/mol. The number of ketones is 1. The third-order valence-corrected chi connectivity index (χ3v) is 3.25. The maximum absolute atomic E-state index is 12.1. The van der Waals surface area contributed by atoms with Crippen molar-refractivity contribution in [3.05, 3.63) is 47.5 Å². The van der Waals surface area contributed by atoms with Crippen LogP contribution in [0.25, 0.3) is 0 Å². The summed E-state index contributed by atoms with van der Waals surface area (Å²) in [6.45, 7) is 0. The van der Waals surface area contributed by atoms with Crippen LogP contribution < -0.4 is 4.74 Å². The highest BCUT2D eigenvalue weighted by Crippen LogP contribution is 2.41. The fourth-order valence-electron chi connectivity index (χ4n) is 2.30. The van der Waals surface area contributed by atoms with Gasteiger partial charge in [0.2, 0.25) is 0 Å². The number of carbonyl (C=O) groups excluding carboxylic acids is 1. The van der Waals surface area contributed by atoms with Crippen LogP contribution in [-0.4, -0.2) is 26.6 Å². The van der Waals surface area contributed by atoms with Crippen molar-refractivity contribution in [1.29, 1.82) is 0 Å². The SMILES string of the molecule is O.O=C1C[C@@H](c2ccc(O)cc2)Oc2cc(O)cc(O)c21. The summed E-state index contributed by atoms with van der Waals surface area (Å²) in [5.74, 6) is -0.403. The molecule has 0 saturated heterocycles. The van der Waals surface area contributed by atoms with Gasteiger partial charge in [0.25, 0.3) is 0 Å². The van der Waals surface area contributed by atoms with Crippen LogP contribution in [0.1, 0.15) is 28.4 Å². The number of phenolic OH excluding ortho intramolecular Hbond substituents is 3. The molecule has 1 atom stereocenters. The van der Waals surface area contributed by atoms with E-state index in [2.05, 4.69) is 0 Å². The number of aromatic hydroxyl groups is 3. The van der Waals surface area contributed by atoms with Crippen molar-refractivity contribution in [3.63, 3.8) is 0 Å². The summed E-state index contributed by atoms with van der Waals surface area (Å²) >= 11 is 0. The highest BCUT2D eigenvalue weighted by atomic mass is 16.5. The predicted octanol–water partition coefficient (Wildman–Crippen LogP) is 1.69. The van der Waals surface area contributed by atoms with E-state index in [9.17, 15) is 20.1 Å². The molecule has 21 heavy (non-hydrogen) atoms. The van der Waals surface area contributed by atoms with E-state index in [0.29, 0.717) is 0 Å². The first-order valence-corrected chi connectivity index (χ1v) is 6.09. The lowest BCUT2D eigenvalue weighted by Gasteiger charge is -2.26. The number of hydrogen-bond acceptors (Lipinski definition) is 5. The summed E-state index contributed by atoms with van der Waals surface area (Å²) in [5, 5.41) is 28.4. The van der Waals surface area contributed by atoms with Crippen LogP contribution in [0.5, 0.6) is 23.0 Å². The van der Waals surface area contributed by atoms with Gasteiger partial charge in [-0.05, 0) is 17.7 Å². The molecule has 0 amide bonds. The first-order valence-electron chi connectivity index (χ1n) is 6.09. The van der Waals surface area contributed by atoms with Gasteiger partial charge in [0.05, 0.1) is 6.42 Å². The Morgan fingerprint density at radius 2 is 1.67 bits per heavy atom. The molecule has 0 saturated carbocycles. The molecule has 0 aromatic heterocycles. The molecule has 1 aliphatic rings. The second kappa shape index (κ2) is 5.34. The lowest BCUT2D eigenvalue weighted by Crippen LogP contribution is -2.20. The zero-order chi connectivity index (χ0) is 14.3. The normalized spacial score (nSPS) is 16.6. The third kappa shape index (κ3) is 2.61. The minimum atomic E-state index is -0.503. The zero-order valence-corrected chi connectivity index (χ0v) is 10.9. The molecule has 6 heteroatoms. The third-order valence-electron chi connectivity index (χ3n) is 3.25. The maximum atomic E-state index is 12.1. The molecule has 0 fully saturated rings. The second-order valence-electron chi connectivity index (χ2n) is 4.66. The Kier molecular flexibility index (Phi) is 3.73. The minimum absolute atomic E-state index is 0. The van der Waals surface area contributed by atoms with E-state index in [0.717, 1.165) is 11.6 Å². The van der Waals surface area contributed by atoms with Gasteiger partial charge >= 0.3 is 0 Å². The van der Waals surface area contributed by atoms with Crippen molar-refractivity contribution < 1.29 is 30.3 Å². The fourth-order valence-corrected chi connectivity index (χ4v) is 2.30. The molecule has 1 heterocycles. The summed E-state index contributed by atoms with van der Waals surface area (Å²) in [6.07, 6.45) is -0.410. The Morgan fingerprint density at radius 1 is 1.00 bits per heavy atom. The average molecular weight is 290 g/mol. The number of hydrogen-bond donors (Lipinski definition) is 3. The Bertz CT molecular complexity index is 677. The molecule has 2 aromatic rings. The zero-order valence-electron chi connectivity index (χ0n) is 10.9. The van der Waals surface area contributed by atoms with Gasteiger partial charge in [0.15, 0.2) is 5.78 Å². The van der Waals surface area contributed by atoms with Gasteiger partial charge in [-0.2, -0.15) is 0 Å². The van der Waals surface area contributed by atoms with Gasteiger partial charge in [0, 0.05) is 12.1 Å². The van der Waals surface area contributed by atoms with E-state index in [1.165, 1.54) is 18.2 Å². The molecule has 0 spiro atoms. The van der Waals surface area contributed by atoms with Crippen LogP contribution in [-0.2, 0) is 0 Å². The lowest BCUT2D eigenvalue weighted by molar-refractivity contribution is 0.0845. The summed E-state index contributed by atoms with van der Waals surface area (Å²) in [7, 11) is 0. The number of rotatable bonds is 1. The number of ether oxygens (including phenoxy) is 1. The number of fused-ring (bicyclic) bond motifs is 1. The van der Waals surface area contributed by atoms with Crippen molar-refractivity contribution in [2.24, 2.45) is 0 Å². The number of benzene rings is 2. The fraction of sp³-hybridized carbons (Fsp3) is 0.133. The first-order chi connectivity index (χ1) is 9.54. The molecule has 2 aromatic carbocycles. The Morgan fingerprint density at radius 3 is 2.33 bits per heavy atom. The van der Waals surface area contributed by atoms with E-state index in [4.69, 9.17) is 4.74 Å². The van der Waals surface area contributed by atoms with Gasteiger partial charge in [-0.3, -0.25) is 4.79 Å². The van der Waals surface area contributed by atoms with E-state index in [1.54, 1.807) is 12.1 Å². The van der Waals surface area contributed by atoms with E-state index in [1.807, 2.05) is 0 Å². The minimum Gasteiger partial charge on any atom is -0.508 e. The van der Waals surface area contributed by atoms with Crippen molar-refractivity contribution in [2.75, 3.05) is 0 Å². The summed E-state index contributed by atoms with van der Waals surface area (Å²) in [6, 6.07) is 8.78. The summed E-state index contributed by atoms with van der Waals surface area (Å²) in [5.41, 5.74) is 0.836. The lowest BCUT2D eigenvalue weighted by atomic mass is 9.95. The highest BCUT2D eigenvalue weighted by molar-refractivity contribution is 6.02. The van der Waals surface area contributed by atoms with Crippen LogP contribution in [0.15, 0.2) is 36.4 Å². The summed E-state index contributed by atoms with van der Waals surface area (Å²) < 4.78 is 5.67. The largest absolute Gasteiger partial charge is 0.508 e. The Hall–Kier alpha value is -2.73. The van der Waals surface area contributed by atoms with Crippen LogP contribution in [0.4, 0.5) is 0 Å². The summed E-state index contributed by atoms with van der Waals surface area (Å²) in [4.78, 5) is 12.1. The van der Waals surface area contributed by atoms with Crippen LogP contribution >= 0.6 is 0 Å². The molecule has 0 aliphatic carbocycles. The molecule has 0 unspecified atom stereocenters. The number of carbonyl (C=O) groups is 1. The van der Waals surface area contributed by atoms with Crippen molar-refractivity contribution in [2.45, 2.75) is 12.5 Å². The molecule has 6 nitrogen and oxygen atoms in total. The highest BCUT2D eigenvalue weighted by Gasteiger charge is 2.30. The van der Waals surface area contributed by atoms with Crippen LogP contribution in [0.2, 0.25) is 0 Å². The molecule has 3 rings (SSSR count). The van der Waals surface area contributed by atoms with Gasteiger partial charge in [0.1, 0.15) is 34.7 Å². The van der Waals surface area contributed by atoms with Gasteiger partial charge in [-0.15, -0.1) is 0 Å². The predicted molar refractivity (Wildman–Crippen MR) is 73.8 cm³/mol. The quantitative estimate of drug-likeness (QED) is 0.738. The van der Waals surface area contributed by atoms with E-state index in [-0.39, 0.29) is 46.2 Å². The van der Waals surface area contributed by atoms with Crippen LogP contribution in [0.3, 0.4) is 0 Å². The number of phenols is 3. The van der Waals surface area contributed by atoms with Crippen molar-refractivity contribution in [1.82, 2.24) is 0 Å². The van der Waals surface area contributed by atoms with Gasteiger partial charge in [-0.1, -0.05) is 12.1 Å².